The Morgan fingerprint density at radius 3 is 2.31 bits per heavy atom. The molecule has 2 amide bonds. The normalized spacial score (nSPS) is 12.8. The van der Waals surface area contributed by atoms with Crippen LogP contribution < -0.4 is 9.62 Å². The number of rotatable bonds is 14. The van der Waals surface area contributed by atoms with Gasteiger partial charge in [0.25, 0.3) is 0 Å². The van der Waals surface area contributed by atoms with Crippen LogP contribution in [0.15, 0.2) is 77.3 Å². The molecule has 0 spiro atoms. The number of carbonyl (C=O) groups excluding carboxylic acids is 2. The van der Waals surface area contributed by atoms with Crippen molar-refractivity contribution in [1.82, 2.24) is 10.2 Å². The quantitative estimate of drug-likeness (QED) is 0.211. The van der Waals surface area contributed by atoms with Crippen LogP contribution in [-0.2, 0) is 32.6 Å². The summed E-state index contributed by atoms with van der Waals surface area (Å²) in [6.07, 6.45) is 2.57. The molecule has 3 rings (SSSR count). The molecule has 0 fully saturated rings. The summed E-state index contributed by atoms with van der Waals surface area (Å²) < 4.78 is 27.6. The van der Waals surface area contributed by atoms with Gasteiger partial charge in [0.15, 0.2) is 0 Å². The molecule has 226 valence electrons. The monoisotopic (exact) mass is 675 g/mol. The molecular formula is C32H39BrClN3O4S. The zero-order valence-electron chi connectivity index (χ0n) is 24.5. The van der Waals surface area contributed by atoms with Crippen LogP contribution in [0.2, 0.25) is 5.02 Å². The maximum Gasteiger partial charge on any atom is 0.243 e. The summed E-state index contributed by atoms with van der Waals surface area (Å²) in [6, 6.07) is 21.6. The maximum atomic E-state index is 14.0. The van der Waals surface area contributed by atoms with E-state index < -0.39 is 16.1 Å². The highest BCUT2D eigenvalue weighted by molar-refractivity contribution is 9.10. The molecule has 0 saturated carbocycles. The largest absolute Gasteiger partial charge is 0.352 e. The number of nitrogens with zero attached hydrogens (tertiary/aromatic N) is 2. The summed E-state index contributed by atoms with van der Waals surface area (Å²) in [4.78, 5) is 29.3. The van der Waals surface area contributed by atoms with Crippen LogP contribution in [0.25, 0.3) is 0 Å². The SMILES string of the molecule is CCC(C)NC(=O)C(Cc1ccccc1)N(Cc1cccc(Br)c1)C(=O)CCCN(c1cccc(Cl)c1C)S(C)(=O)=O. The molecule has 1 N–H and O–H groups in total. The highest BCUT2D eigenvalue weighted by atomic mass is 79.9. The van der Waals surface area contributed by atoms with E-state index >= 15 is 0 Å². The maximum absolute atomic E-state index is 14.0. The molecule has 0 aliphatic heterocycles. The van der Waals surface area contributed by atoms with Crippen molar-refractivity contribution in [2.45, 2.75) is 65.1 Å². The second-order valence-electron chi connectivity index (χ2n) is 10.5. The van der Waals surface area contributed by atoms with E-state index in [9.17, 15) is 18.0 Å². The van der Waals surface area contributed by atoms with Crippen LogP contribution in [0, 0.1) is 6.92 Å². The minimum atomic E-state index is -3.64. The lowest BCUT2D eigenvalue weighted by atomic mass is 10.0. The second kappa shape index (κ2) is 15.5. The Hall–Kier alpha value is -2.88. The lowest BCUT2D eigenvalue weighted by molar-refractivity contribution is -0.141. The van der Waals surface area contributed by atoms with Crippen LogP contribution >= 0.6 is 27.5 Å². The van der Waals surface area contributed by atoms with Gasteiger partial charge < -0.3 is 10.2 Å². The molecule has 0 bridgehead atoms. The Morgan fingerprint density at radius 2 is 1.67 bits per heavy atom. The van der Waals surface area contributed by atoms with Crippen molar-refractivity contribution in [3.05, 3.63) is 99.0 Å². The fourth-order valence-electron chi connectivity index (χ4n) is 4.68. The zero-order chi connectivity index (χ0) is 30.9. The van der Waals surface area contributed by atoms with E-state index in [1.807, 2.05) is 68.4 Å². The summed E-state index contributed by atoms with van der Waals surface area (Å²) >= 11 is 9.78. The van der Waals surface area contributed by atoms with E-state index in [0.717, 1.165) is 28.3 Å². The molecule has 7 nitrogen and oxygen atoms in total. The van der Waals surface area contributed by atoms with Crippen LogP contribution in [0.5, 0.6) is 0 Å². The summed E-state index contributed by atoms with van der Waals surface area (Å²) in [7, 11) is -3.64. The Labute approximate surface area is 263 Å². The van der Waals surface area contributed by atoms with Gasteiger partial charge in [-0.2, -0.15) is 0 Å². The first kappa shape index (κ1) is 33.6. The Balaban J connectivity index is 1.91. The molecule has 3 aromatic carbocycles. The highest BCUT2D eigenvalue weighted by Gasteiger charge is 2.31. The van der Waals surface area contributed by atoms with Crippen molar-refractivity contribution in [2.75, 3.05) is 17.1 Å². The summed E-state index contributed by atoms with van der Waals surface area (Å²) in [5, 5.41) is 3.53. The number of carbonyl (C=O) groups is 2. The third-order valence-corrected chi connectivity index (χ3v) is 9.26. The van der Waals surface area contributed by atoms with Gasteiger partial charge in [0.1, 0.15) is 6.04 Å². The van der Waals surface area contributed by atoms with E-state index in [-0.39, 0.29) is 43.8 Å². The number of nitrogens with one attached hydrogen (secondary N) is 1. The lowest BCUT2D eigenvalue weighted by Crippen LogP contribution is -2.52. The van der Waals surface area contributed by atoms with Crippen LogP contribution in [0.1, 0.15) is 49.8 Å². The average Bonchev–Trinajstić information content (AvgIpc) is 2.94. The van der Waals surface area contributed by atoms with Crippen molar-refractivity contribution in [3.8, 4) is 0 Å². The smallest absolute Gasteiger partial charge is 0.243 e. The number of sulfonamides is 1. The Bertz CT molecular complexity index is 1470. The highest BCUT2D eigenvalue weighted by Crippen LogP contribution is 2.28. The van der Waals surface area contributed by atoms with E-state index in [4.69, 9.17) is 11.6 Å². The van der Waals surface area contributed by atoms with E-state index in [0.29, 0.717) is 22.7 Å². The van der Waals surface area contributed by atoms with Gasteiger partial charge in [0, 0.05) is 41.5 Å². The Kier molecular flexibility index (Phi) is 12.4. The molecule has 3 aromatic rings. The minimum absolute atomic E-state index is 0.0529. The van der Waals surface area contributed by atoms with E-state index in [2.05, 4.69) is 21.2 Å². The first-order valence-corrected chi connectivity index (χ1v) is 17.0. The number of hydrogen-bond acceptors (Lipinski definition) is 4. The van der Waals surface area contributed by atoms with Crippen molar-refractivity contribution in [2.24, 2.45) is 0 Å². The molecule has 2 atom stereocenters. The first-order valence-electron chi connectivity index (χ1n) is 14.0. The van der Waals surface area contributed by atoms with Gasteiger partial charge in [-0.05, 0) is 67.6 Å². The fraction of sp³-hybridized carbons (Fsp3) is 0.375. The van der Waals surface area contributed by atoms with Crippen LogP contribution in [0.3, 0.4) is 0 Å². The fourth-order valence-corrected chi connectivity index (χ4v) is 6.31. The van der Waals surface area contributed by atoms with E-state index in [1.54, 1.807) is 30.0 Å². The number of halogens is 2. The molecule has 2 unspecified atom stereocenters. The Morgan fingerprint density at radius 1 is 1.00 bits per heavy atom. The third kappa shape index (κ3) is 9.57. The topological polar surface area (TPSA) is 86.8 Å². The predicted molar refractivity (Wildman–Crippen MR) is 174 cm³/mol. The van der Waals surface area contributed by atoms with Crippen molar-refractivity contribution < 1.29 is 18.0 Å². The first-order chi connectivity index (χ1) is 19.9. The molecule has 10 heteroatoms. The summed E-state index contributed by atoms with van der Waals surface area (Å²) in [6.45, 7) is 6.03. The molecule has 0 aliphatic carbocycles. The van der Waals surface area contributed by atoms with Crippen LogP contribution in [0.4, 0.5) is 5.69 Å². The van der Waals surface area contributed by atoms with Crippen molar-refractivity contribution in [1.29, 1.82) is 0 Å². The molecule has 0 aromatic heterocycles. The van der Waals surface area contributed by atoms with Gasteiger partial charge in [-0.1, -0.05) is 83.0 Å². The number of anilines is 1. The molecule has 0 aliphatic rings. The van der Waals surface area contributed by atoms with Gasteiger partial charge in [-0.3, -0.25) is 13.9 Å². The van der Waals surface area contributed by atoms with Crippen molar-refractivity contribution >= 4 is 55.1 Å². The molecule has 42 heavy (non-hydrogen) atoms. The van der Waals surface area contributed by atoms with E-state index in [1.165, 1.54) is 4.31 Å². The molecule has 0 saturated heterocycles. The molecular weight excluding hydrogens is 638 g/mol. The molecule has 0 radical (unpaired) electrons. The third-order valence-electron chi connectivity index (χ3n) is 7.17. The van der Waals surface area contributed by atoms with Crippen molar-refractivity contribution in [3.63, 3.8) is 0 Å². The average molecular weight is 677 g/mol. The van der Waals surface area contributed by atoms with Gasteiger partial charge in [-0.15, -0.1) is 0 Å². The van der Waals surface area contributed by atoms with Gasteiger partial charge in [-0.25, -0.2) is 8.42 Å². The zero-order valence-corrected chi connectivity index (χ0v) is 27.7. The summed E-state index contributed by atoms with van der Waals surface area (Å²) in [5.74, 6) is -0.449. The standard InChI is InChI=1S/C32H39BrClN3O4S/c1-5-23(2)35-32(39)30(21-25-12-7-6-8-13-25)36(22-26-14-9-15-27(33)20-26)31(38)18-11-19-37(42(4,40)41)29-17-10-16-28(34)24(29)3/h6-10,12-17,20,23,30H,5,11,18-19,21-22H2,1-4H3,(H,35,39). The molecule has 0 heterocycles. The van der Waals surface area contributed by atoms with Gasteiger partial charge in [0.2, 0.25) is 21.8 Å². The number of amides is 2. The predicted octanol–water partition coefficient (Wildman–Crippen LogP) is 6.51. The minimum Gasteiger partial charge on any atom is -0.352 e. The number of benzene rings is 3. The lowest BCUT2D eigenvalue weighted by Gasteiger charge is -2.33. The van der Waals surface area contributed by atoms with Gasteiger partial charge in [0.05, 0.1) is 11.9 Å². The second-order valence-corrected chi connectivity index (χ2v) is 13.7. The number of hydrogen-bond donors (Lipinski definition) is 1. The van der Waals surface area contributed by atoms with Crippen LogP contribution in [-0.4, -0.2) is 50.0 Å². The summed E-state index contributed by atoms with van der Waals surface area (Å²) in [5.41, 5.74) is 2.95. The van der Waals surface area contributed by atoms with Gasteiger partial charge >= 0.3 is 0 Å².